The molecule has 2 aromatic rings. The number of aliphatic imine (C=N–C) groups is 1. The molecule has 0 aromatic heterocycles. The molecule has 0 aliphatic carbocycles. The minimum absolute atomic E-state index is 0.109. The summed E-state index contributed by atoms with van der Waals surface area (Å²) >= 11 is 12.8. The van der Waals surface area contributed by atoms with Gasteiger partial charge in [0.1, 0.15) is 11.5 Å². The molecule has 1 heterocycles. The number of hydrogen-bond donors (Lipinski definition) is 2. The van der Waals surface area contributed by atoms with Gasteiger partial charge in [0, 0.05) is 28.4 Å². The number of halogens is 2. The van der Waals surface area contributed by atoms with Crippen LogP contribution in [-0.2, 0) is 4.79 Å². The predicted molar refractivity (Wildman–Crippen MR) is 123 cm³/mol. The number of rotatable bonds is 1. The van der Waals surface area contributed by atoms with Gasteiger partial charge in [-0.1, -0.05) is 35.2 Å². The summed E-state index contributed by atoms with van der Waals surface area (Å²) in [7, 11) is 1.60. The number of phenols is 1. The van der Waals surface area contributed by atoms with Gasteiger partial charge >= 0.3 is 0 Å². The first-order valence-corrected chi connectivity index (χ1v) is 10.4. The molecule has 0 fully saturated rings. The Morgan fingerprint density at radius 2 is 1.83 bits per heavy atom. The number of hydrogen-bond acceptors (Lipinski definition) is 4. The average molecular weight is 447 g/mol. The number of allylic oxidation sites excluding steroid dienone is 1. The fourth-order valence-corrected chi connectivity index (χ4v) is 3.51. The van der Waals surface area contributed by atoms with E-state index in [1.54, 1.807) is 44.3 Å². The molecule has 0 saturated heterocycles. The first kappa shape index (κ1) is 22.9. The Morgan fingerprint density at radius 3 is 2.38 bits per heavy atom. The molecule has 0 spiro atoms. The van der Waals surface area contributed by atoms with Gasteiger partial charge < -0.3 is 10.4 Å². The largest absolute Gasteiger partial charge is 0.508 e. The van der Waals surface area contributed by atoms with Gasteiger partial charge in [-0.05, 0) is 61.7 Å². The van der Waals surface area contributed by atoms with Crippen molar-refractivity contribution >= 4 is 46.6 Å². The number of thioether (sulfide) groups is 1. The summed E-state index contributed by atoms with van der Waals surface area (Å²) in [5.74, 6) is 6.69. The molecular weight excluding hydrogens is 427 g/mol. The smallest absolute Gasteiger partial charge is 0.259 e. The Labute approximate surface area is 185 Å². The number of amides is 1. The van der Waals surface area contributed by atoms with Crippen LogP contribution in [0, 0.1) is 18.8 Å². The number of nitrogens with one attached hydrogen (secondary N) is 1. The van der Waals surface area contributed by atoms with Gasteiger partial charge in [-0.15, -0.1) is 11.8 Å². The van der Waals surface area contributed by atoms with Crippen molar-refractivity contribution in [3.63, 3.8) is 0 Å². The molecule has 7 heteroatoms. The van der Waals surface area contributed by atoms with Crippen molar-refractivity contribution in [2.75, 3.05) is 12.8 Å². The van der Waals surface area contributed by atoms with Crippen molar-refractivity contribution in [2.45, 2.75) is 13.8 Å². The monoisotopic (exact) mass is 446 g/mol. The van der Waals surface area contributed by atoms with Crippen LogP contribution in [0.15, 0.2) is 58.1 Å². The van der Waals surface area contributed by atoms with E-state index in [2.05, 4.69) is 22.2 Å². The first-order valence-electron chi connectivity index (χ1n) is 8.66. The molecule has 2 N–H and O–H groups in total. The van der Waals surface area contributed by atoms with Crippen molar-refractivity contribution in [1.29, 1.82) is 0 Å². The van der Waals surface area contributed by atoms with E-state index in [1.807, 2.05) is 19.1 Å². The van der Waals surface area contributed by atoms with Crippen LogP contribution in [0.1, 0.15) is 18.1 Å². The van der Waals surface area contributed by atoms with Gasteiger partial charge in [-0.2, -0.15) is 0 Å². The number of aromatic hydroxyl groups is 1. The van der Waals surface area contributed by atoms with Gasteiger partial charge in [-0.3, -0.25) is 4.79 Å². The van der Waals surface area contributed by atoms with Crippen LogP contribution in [0.5, 0.6) is 5.75 Å². The SMILES string of the molecule is CNC(=O)C1=C(C)N=C(C#Cc2ccc(O)cc2)CS1.Cc1ccc(Cl)cc1Cl. The third kappa shape index (κ3) is 7.17. The lowest BCUT2D eigenvalue weighted by Crippen LogP contribution is -2.22. The normalized spacial score (nSPS) is 12.8. The van der Waals surface area contributed by atoms with Crippen molar-refractivity contribution in [3.05, 3.63) is 74.2 Å². The van der Waals surface area contributed by atoms with E-state index in [0.717, 1.165) is 21.9 Å². The van der Waals surface area contributed by atoms with E-state index in [1.165, 1.54) is 11.8 Å². The minimum atomic E-state index is -0.109. The molecule has 0 saturated carbocycles. The lowest BCUT2D eigenvalue weighted by atomic mass is 10.2. The highest BCUT2D eigenvalue weighted by Gasteiger charge is 2.17. The van der Waals surface area contributed by atoms with E-state index >= 15 is 0 Å². The summed E-state index contributed by atoms with van der Waals surface area (Å²) in [6.45, 7) is 3.75. The molecule has 1 aliphatic rings. The lowest BCUT2D eigenvalue weighted by molar-refractivity contribution is -0.116. The van der Waals surface area contributed by atoms with E-state index in [4.69, 9.17) is 23.2 Å². The van der Waals surface area contributed by atoms with E-state index in [0.29, 0.717) is 21.4 Å². The maximum absolute atomic E-state index is 11.6. The van der Waals surface area contributed by atoms with Gasteiger partial charge in [0.05, 0.1) is 10.6 Å². The Hall–Kier alpha value is -2.39. The molecule has 1 amide bonds. The van der Waals surface area contributed by atoms with Crippen LogP contribution < -0.4 is 5.32 Å². The zero-order valence-electron chi connectivity index (χ0n) is 16.2. The fraction of sp³-hybridized carbons (Fsp3) is 0.182. The van der Waals surface area contributed by atoms with Gasteiger partial charge in [-0.25, -0.2) is 4.99 Å². The third-order valence-corrected chi connectivity index (χ3v) is 5.60. The van der Waals surface area contributed by atoms with Crippen LogP contribution in [0.25, 0.3) is 0 Å². The summed E-state index contributed by atoms with van der Waals surface area (Å²) < 4.78 is 0. The van der Waals surface area contributed by atoms with Crippen LogP contribution in [0.3, 0.4) is 0 Å². The number of nitrogens with zero attached hydrogens (tertiary/aromatic N) is 1. The van der Waals surface area contributed by atoms with Gasteiger partial charge in [0.15, 0.2) is 0 Å². The molecule has 29 heavy (non-hydrogen) atoms. The highest BCUT2D eigenvalue weighted by Crippen LogP contribution is 2.25. The van der Waals surface area contributed by atoms with Gasteiger partial charge in [0.25, 0.3) is 5.91 Å². The topological polar surface area (TPSA) is 61.7 Å². The second-order valence-electron chi connectivity index (χ2n) is 6.03. The molecule has 1 aliphatic heterocycles. The number of aryl methyl sites for hydroxylation is 1. The van der Waals surface area contributed by atoms with Crippen molar-refractivity contribution < 1.29 is 9.90 Å². The summed E-state index contributed by atoms with van der Waals surface area (Å²) in [6, 6.07) is 12.1. The number of carbonyl (C=O) groups excluding carboxylic acids is 1. The summed E-state index contributed by atoms with van der Waals surface area (Å²) in [4.78, 5) is 16.6. The second kappa shape index (κ2) is 11.0. The molecule has 0 bridgehead atoms. The van der Waals surface area contributed by atoms with Crippen LogP contribution >= 0.6 is 35.0 Å². The zero-order valence-corrected chi connectivity index (χ0v) is 18.5. The number of phenolic OH excluding ortho intramolecular Hbond substituents is 1. The Morgan fingerprint density at radius 1 is 1.14 bits per heavy atom. The number of likely N-dealkylation sites (N-methyl/N-ethyl adjacent to an activating group) is 1. The Bertz CT molecular complexity index is 1020. The third-order valence-electron chi connectivity index (χ3n) is 3.77. The summed E-state index contributed by atoms with van der Waals surface area (Å²) in [5, 5.41) is 13.2. The molecule has 3 rings (SSSR count). The van der Waals surface area contributed by atoms with E-state index < -0.39 is 0 Å². The van der Waals surface area contributed by atoms with E-state index in [9.17, 15) is 9.90 Å². The van der Waals surface area contributed by atoms with Crippen molar-refractivity contribution in [2.24, 2.45) is 4.99 Å². The Kier molecular flexibility index (Phi) is 8.66. The lowest BCUT2D eigenvalue weighted by Gasteiger charge is -2.12. The van der Waals surface area contributed by atoms with Crippen molar-refractivity contribution in [1.82, 2.24) is 5.32 Å². The Balaban J connectivity index is 0.000000278. The summed E-state index contributed by atoms with van der Waals surface area (Å²) in [5.41, 5.74) is 3.30. The molecular formula is C22H20Cl2N2O2S. The second-order valence-corrected chi connectivity index (χ2v) is 7.86. The van der Waals surface area contributed by atoms with Crippen molar-refractivity contribution in [3.8, 4) is 17.6 Å². The maximum atomic E-state index is 11.6. The molecule has 0 unspecified atom stereocenters. The molecule has 4 nitrogen and oxygen atoms in total. The zero-order chi connectivity index (χ0) is 21.4. The van der Waals surface area contributed by atoms with Crippen LogP contribution in [0.2, 0.25) is 10.0 Å². The molecule has 150 valence electrons. The summed E-state index contributed by atoms with van der Waals surface area (Å²) in [6.07, 6.45) is 0. The minimum Gasteiger partial charge on any atom is -0.508 e. The number of carbonyl (C=O) groups is 1. The molecule has 0 atom stereocenters. The maximum Gasteiger partial charge on any atom is 0.259 e. The first-order chi connectivity index (χ1) is 13.8. The molecule has 2 aromatic carbocycles. The predicted octanol–water partition coefficient (Wildman–Crippen LogP) is 5.21. The van der Waals surface area contributed by atoms with Gasteiger partial charge in [0.2, 0.25) is 0 Å². The van der Waals surface area contributed by atoms with Crippen LogP contribution in [0.4, 0.5) is 0 Å². The molecule has 0 radical (unpaired) electrons. The standard InChI is InChI=1S/C15H14N2O2S.C7H6Cl2/c1-10-14(15(19)16-2)20-9-12(17-10)6-3-11-4-7-13(18)8-5-11;1-5-2-3-6(8)4-7(5)9/h4-5,7-8,18H,9H2,1-2H3,(H,16,19);2-4H,1H3. The van der Waals surface area contributed by atoms with Crippen LogP contribution in [-0.4, -0.2) is 29.5 Å². The highest BCUT2D eigenvalue weighted by atomic mass is 35.5. The van der Waals surface area contributed by atoms with E-state index in [-0.39, 0.29) is 11.7 Å². The fourth-order valence-electron chi connectivity index (χ4n) is 2.19. The quantitative estimate of drug-likeness (QED) is 0.590. The number of benzene rings is 2. The highest BCUT2D eigenvalue weighted by molar-refractivity contribution is 8.04. The average Bonchev–Trinajstić information content (AvgIpc) is 2.70.